The lowest BCUT2D eigenvalue weighted by molar-refractivity contribution is 0.293. The van der Waals surface area contributed by atoms with Gasteiger partial charge in [0.25, 0.3) is 0 Å². The Bertz CT molecular complexity index is 603. The van der Waals surface area contributed by atoms with Gasteiger partial charge in [-0.2, -0.15) is 0 Å². The van der Waals surface area contributed by atoms with Crippen LogP contribution in [0.25, 0.3) is 0 Å². The molecule has 1 aromatic heterocycles. The molecule has 1 aromatic carbocycles. The predicted octanol–water partition coefficient (Wildman–Crippen LogP) is 4.47. The van der Waals surface area contributed by atoms with Crippen molar-refractivity contribution in [3.8, 4) is 5.88 Å². The summed E-state index contributed by atoms with van der Waals surface area (Å²) in [6, 6.07) is 9.84. The predicted molar refractivity (Wildman–Crippen MR) is 87.0 cm³/mol. The summed E-state index contributed by atoms with van der Waals surface area (Å²) in [5.41, 5.74) is 1.90. The summed E-state index contributed by atoms with van der Waals surface area (Å²) >= 11 is 12.2. The third-order valence-corrected chi connectivity index (χ3v) is 3.65. The third kappa shape index (κ3) is 4.88. The van der Waals surface area contributed by atoms with E-state index in [1.165, 1.54) is 0 Å². The summed E-state index contributed by atoms with van der Waals surface area (Å²) in [5, 5.41) is 4.64. The van der Waals surface area contributed by atoms with E-state index in [0.29, 0.717) is 35.1 Å². The Morgan fingerprint density at radius 2 is 1.90 bits per heavy atom. The first-order valence-electron chi connectivity index (χ1n) is 6.80. The molecule has 21 heavy (non-hydrogen) atoms. The van der Waals surface area contributed by atoms with Crippen molar-refractivity contribution in [2.24, 2.45) is 0 Å². The molecule has 1 N–H and O–H groups in total. The number of nitrogens with zero attached hydrogens (tertiary/aromatic N) is 1. The van der Waals surface area contributed by atoms with Crippen molar-refractivity contribution in [1.82, 2.24) is 10.3 Å². The van der Waals surface area contributed by atoms with E-state index < -0.39 is 0 Å². The third-order valence-electron chi connectivity index (χ3n) is 2.94. The van der Waals surface area contributed by atoms with Gasteiger partial charge in [0.15, 0.2) is 0 Å². The second-order valence-electron chi connectivity index (χ2n) is 5.03. The van der Waals surface area contributed by atoms with Crippen LogP contribution in [0.4, 0.5) is 0 Å². The van der Waals surface area contributed by atoms with Crippen LogP contribution in [0.1, 0.15) is 25.0 Å². The van der Waals surface area contributed by atoms with Crippen molar-refractivity contribution in [3.63, 3.8) is 0 Å². The Kier molecular flexibility index (Phi) is 5.85. The Morgan fingerprint density at radius 3 is 2.62 bits per heavy atom. The number of hydrogen-bond acceptors (Lipinski definition) is 3. The fourth-order valence-electron chi connectivity index (χ4n) is 1.75. The van der Waals surface area contributed by atoms with Crippen molar-refractivity contribution in [2.75, 3.05) is 0 Å². The standard InChI is InChI=1S/C16H18Cl2N2O/c1-11(2)19-8-13-7-16(20-9-15(13)18)21-10-12-5-3-4-6-14(12)17/h3-7,9,11,19H,8,10H2,1-2H3. The molecule has 3 nitrogen and oxygen atoms in total. The SMILES string of the molecule is CC(C)NCc1cc(OCc2ccccc2Cl)ncc1Cl. The zero-order chi connectivity index (χ0) is 15.2. The van der Waals surface area contributed by atoms with Gasteiger partial charge in [0.2, 0.25) is 5.88 Å². The molecule has 112 valence electrons. The molecule has 0 aliphatic rings. The highest BCUT2D eigenvalue weighted by atomic mass is 35.5. The largest absolute Gasteiger partial charge is 0.473 e. The van der Waals surface area contributed by atoms with Crippen LogP contribution in [0.15, 0.2) is 36.5 Å². The van der Waals surface area contributed by atoms with Gasteiger partial charge in [0.05, 0.1) is 5.02 Å². The average molecular weight is 325 g/mol. The number of rotatable bonds is 6. The number of halogens is 2. The highest BCUT2D eigenvalue weighted by Gasteiger charge is 2.06. The number of hydrogen-bond donors (Lipinski definition) is 1. The van der Waals surface area contributed by atoms with Crippen LogP contribution in [0.5, 0.6) is 5.88 Å². The van der Waals surface area contributed by atoms with Crippen LogP contribution in [0.2, 0.25) is 10.0 Å². The van der Waals surface area contributed by atoms with Gasteiger partial charge in [-0.25, -0.2) is 4.98 Å². The van der Waals surface area contributed by atoms with Gasteiger partial charge in [-0.15, -0.1) is 0 Å². The Hall–Kier alpha value is -1.29. The molecule has 0 fully saturated rings. The topological polar surface area (TPSA) is 34.1 Å². The first-order chi connectivity index (χ1) is 10.1. The van der Waals surface area contributed by atoms with Crippen molar-refractivity contribution < 1.29 is 4.74 Å². The highest BCUT2D eigenvalue weighted by Crippen LogP contribution is 2.21. The molecule has 1 heterocycles. The molecule has 0 atom stereocenters. The van der Waals surface area contributed by atoms with E-state index in [4.69, 9.17) is 27.9 Å². The van der Waals surface area contributed by atoms with Crippen molar-refractivity contribution in [3.05, 3.63) is 57.7 Å². The van der Waals surface area contributed by atoms with Crippen LogP contribution in [0, 0.1) is 0 Å². The van der Waals surface area contributed by atoms with E-state index >= 15 is 0 Å². The van der Waals surface area contributed by atoms with Gasteiger partial charge in [-0.3, -0.25) is 0 Å². The van der Waals surface area contributed by atoms with Crippen molar-refractivity contribution in [1.29, 1.82) is 0 Å². The van der Waals surface area contributed by atoms with Crippen molar-refractivity contribution >= 4 is 23.2 Å². The molecule has 0 saturated heterocycles. The van der Waals surface area contributed by atoms with E-state index in [2.05, 4.69) is 24.1 Å². The minimum absolute atomic E-state index is 0.380. The summed E-state index contributed by atoms with van der Waals surface area (Å²) in [6.07, 6.45) is 1.61. The normalized spacial score (nSPS) is 10.9. The second-order valence-corrected chi connectivity index (χ2v) is 5.84. The average Bonchev–Trinajstić information content (AvgIpc) is 2.46. The van der Waals surface area contributed by atoms with Gasteiger partial charge in [-0.1, -0.05) is 55.2 Å². The van der Waals surface area contributed by atoms with Gasteiger partial charge >= 0.3 is 0 Å². The highest BCUT2D eigenvalue weighted by molar-refractivity contribution is 6.31. The Balaban J connectivity index is 2.03. The molecular formula is C16H18Cl2N2O. The van der Waals surface area contributed by atoms with Crippen LogP contribution in [-0.2, 0) is 13.2 Å². The lowest BCUT2D eigenvalue weighted by Gasteiger charge is -2.12. The van der Waals surface area contributed by atoms with Gasteiger partial charge in [0, 0.05) is 35.4 Å². The lowest BCUT2D eigenvalue weighted by atomic mass is 10.2. The van der Waals surface area contributed by atoms with Gasteiger partial charge in [-0.05, 0) is 11.6 Å². The molecule has 2 rings (SSSR count). The smallest absolute Gasteiger partial charge is 0.213 e. The zero-order valence-electron chi connectivity index (χ0n) is 12.1. The second kappa shape index (κ2) is 7.64. The fourth-order valence-corrected chi connectivity index (χ4v) is 2.11. The molecule has 0 bridgehead atoms. The molecule has 5 heteroatoms. The molecule has 0 unspecified atom stereocenters. The maximum absolute atomic E-state index is 6.14. The fraction of sp³-hybridized carbons (Fsp3) is 0.312. The first-order valence-corrected chi connectivity index (χ1v) is 7.56. The minimum atomic E-state index is 0.380. The number of pyridine rings is 1. The van der Waals surface area contributed by atoms with E-state index in [9.17, 15) is 0 Å². The van der Waals surface area contributed by atoms with Crippen LogP contribution in [-0.4, -0.2) is 11.0 Å². The maximum Gasteiger partial charge on any atom is 0.213 e. The summed E-state index contributed by atoms with van der Waals surface area (Å²) < 4.78 is 5.69. The Morgan fingerprint density at radius 1 is 1.14 bits per heavy atom. The monoisotopic (exact) mass is 324 g/mol. The summed E-state index contributed by atoms with van der Waals surface area (Å²) in [6.45, 7) is 5.24. The van der Waals surface area contributed by atoms with Crippen molar-refractivity contribution in [2.45, 2.75) is 33.0 Å². The molecule has 2 aromatic rings. The molecule has 0 saturated carbocycles. The Labute approximate surface area is 135 Å². The van der Waals surface area contributed by atoms with E-state index in [1.807, 2.05) is 30.3 Å². The molecule has 0 aliphatic carbocycles. The quantitative estimate of drug-likeness (QED) is 0.851. The molecule has 0 spiro atoms. The van der Waals surface area contributed by atoms with Crippen LogP contribution < -0.4 is 10.1 Å². The molecule has 0 radical (unpaired) electrons. The number of benzene rings is 1. The number of nitrogens with one attached hydrogen (secondary N) is 1. The zero-order valence-corrected chi connectivity index (χ0v) is 13.6. The van der Waals surface area contributed by atoms with E-state index in [0.717, 1.165) is 11.1 Å². The van der Waals surface area contributed by atoms with E-state index in [1.54, 1.807) is 6.20 Å². The summed E-state index contributed by atoms with van der Waals surface area (Å²) in [7, 11) is 0. The van der Waals surface area contributed by atoms with Gasteiger partial charge < -0.3 is 10.1 Å². The lowest BCUT2D eigenvalue weighted by Crippen LogP contribution is -2.22. The van der Waals surface area contributed by atoms with Crippen LogP contribution >= 0.6 is 23.2 Å². The minimum Gasteiger partial charge on any atom is -0.473 e. The van der Waals surface area contributed by atoms with E-state index in [-0.39, 0.29) is 0 Å². The van der Waals surface area contributed by atoms with Crippen LogP contribution in [0.3, 0.4) is 0 Å². The summed E-state index contributed by atoms with van der Waals surface area (Å²) in [4.78, 5) is 4.19. The first kappa shape index (κ1) is 16.1. The molecule has 0 aliphatic heterocycles. The molecular weight excluding hydrogens is 307 g/mol. The number of ether oxygens (including phenoxy) is 1. The molecule has 0 amide bonds. The maximum atomic E-state index is 6.14. The number of aromatic nitrogens is 1. The van der Waals surface area contributed by atoms with Gasteiger partial charge in [0.1, 0.15) is 6.61 Å². The summed E-state index contributed by atoms with van der Waals surface area (Å²) in [5.74, 6) is 0.542.